The topological polar surface area (TPSA) is 49.8 Å². The van der Waals surface area contributed by atoms with Gasteiger partial charge in [-0.05, 0) is 50.5 Å². The van der Waals surface area contributed by atoms with Crippen LogP contribution in [0, 0.1) is 27.7 Å². The van der Waals surface area contributed by atoms with Crippen LogP contribution in [0.1, 0.15) is 27.9 Å². The molecule has 0 amide bonds. The fourth-order valence-corrected chi connectivity index (χ4v) is 2.60. The molecule has 0 fully saturated rings. The monoisotopic (exact) mass is 332 g/mol. The first-order chi connectivity index (χ1) is 12.0. The molecule has 2 aromatic carbocycles. The summed E-state index contributed by atoms with van der Waals surface area (Å²) in [5.74, 6) is 1.43. The van der Waals surface area contributed by atoms with Gasteiger partial charge in [0, 0.05) is 24.0 Å². The lowest BCUT2D eigenvalue weighted by molar-refractivity contribution is 1.06. The standard InChI is InChI=1S/C21H24N4/c1-14-6-9-18(10-7-14)13-22-20-12-17(4)23-21(25-20)24-19-11-15(2)5-8-16(19)3/h5-12H,13H2,1-4H3,(H2,22,23,24,25). The highest BCUT2D eigenvalue weighted by atomic mass is 15.1. The van der Waals surface area contributed by atoms with Crippen molar-refractivity contribution in [2.75, 3.05) is 10.6 Å². The van der Waals surface area contributed by atoms with Gasteiger partial charge in [-0.2, -0.15) is 4.98 Å². The molecule has 0 radical (unpaired) electrons. The molecule has 2 N–H and O–H groups in total. The van der Waals surface area contributed by atoms with Gasteiger partial charge in [0.15, 0.2) is 0 Å². The summed E-state index contributed by atoms with van der Waals surface area (Å²) in [6.07, 6.45) is 0. The fourth-order valence-electron chi connectivity index (χ4n) is 2.60. The SMILES string of the molecule is Cc1ccc(CNc2cc(C)nc(Nc3cc(C)ccc3C)n2)cc1. The Morgan fingerprint density at radius 2 is 1.52 bits per heavy atom. The van der Waals surface area contributed by atoms with Crippen molar-refractivity contribution in [3.05, 3.63) is 76.5 Å². The Morgan fingerprint density at radius 3 is 2.28 bits per heavy atom. The van der Waals surface area contributed by atoms with E-state index >= 15 is 0 Å². The molecule has 0 spiro atoms. The summed E-state index contributed by atoms with van der Waals surface area (Å²) in [5.41, 5.74) is 6.83. The lowest BCUT2D eigenvalue weighted by atomic mass is 10.1. The fraction of sp³-hybridized carbons (Fsp3) is 0.238. The quantitative estimate of drug-likeness (QED) is 0.685. The van der Waals surface area contributed by atoms with Crippen LogP contribution in [0.5, 0.6) is 0 Å². The summed E-state index contributed by atoms with van der Waals surface area (Å²) in [5, 5.41) is 6.72. The minimum atomic E-state index is 0.611. The molecule has 1 heterocycles. The van der Waals surface area contributed by atoms with E-state index < -0.39 is 0 Å². The second-order valence-electron chi connectivity index (χ2n) is 6.50. The molecule has 128 valence electrons. The molecule has 0 aliphatic rings. The van der Waals surface area contributed by atoms with Crippen LogP contribution < -0.4 is 10.6 Å². The largest absolute Gasteiger partial charge is 0.366 e. The number of nitrogens with zero attached hydrogens (tertiary/aromatic N) is 2. The summed E-state index contributed by atoms with van der Waals surface area (Å²) in [7, 11) is 0. The molecule has 0 saturated carbocycles. The predicted octanol–water partition coefficient (Wildman–Crippen LogP) is 5.07. The van der Waals surface area contributed by atoms with Crippen LogP contribution in [0.4, 0.5) is 17.5 Å². The van der Waals surface area contributed by atoms with E-state index in [4.69, 9.17) is 0 Å². The summed E-state index contributed by atoms with van der Waals surface area (Å²) >= 11 is 0. The Morgan fingerprint density at radius 1 is 0.800 bits per heavy atom. The molecule has 0 unspecified atom stereocenters. The van der Waals surface area contributed by atoms with Gasteiger partial charge in [0.1, 0.15) is 5.82 Å². The van der Waals surface area contributed by atoms with Gasteiger partial charge in [-0.3, -0.25) is 0 Å². The second kappa shape index (κ2) is 7.34. The van der Waals surface area contributed by atoms with Crippen molar-refractivity contribution in [1.82, 2.24) is 9.97 Å². The minimum absolute atomic E-state index is 0.611. The van der Waals surface area contributed by atoms with Gasteiger partial charge < -0.3 is 10.6 Å². The predicted molar refractivity (Wildman–Crippen MR) is 104 cm³/mol. The van der Waals surface area contributed by atoms with Crippen molar-refractivity contribution in [3.63, 3.8) is 0 Å². The van der Waals surface area contributed by atoms with E-state index in [0.717, 1.165) is 23.7 Å². The number of hydrogen-bond donors (Lipinski definition) is 2. The van der Waals surface area contributed by atoms with Gasteiger partial charge in [0.25, 0.3) is 0 Å². The molecule has 25 heavy (non-hydrogen) atoms. The van der Waals surface area contributed by atoms with Crippen molar-refractivity contribution in [1.29, 1.82) is 0 Å². The average Bonchev–Trinajstić information content (AvgIpc) is 2.57. The first kappa shape index (κ1) is 17.0. The highest BCUT2D eigenvalue weighted by Crippen LogP contribution is 2.21. The normalized spacial score (nSPS) is 10.6. The Bertz CT molecular complexity index is 870. The summed E-state index contributed by atoms with van der Waals surface area (Å²) < 4.78 is 0. The van der Waals surface area contributed by atoms with Crippen LogP contribution in [0.15, 0.2) is 48.5 Å². The number of aromatic nitrogens is 2. The Labute approximate surface area is 149 Å². The van der Waals surface area contributed by atoms with Crippen LogP contribution >= 0.6 is 0 Å². The lowest BCUT2D eigenvalue weighted by Crippen LogP contribution is -2.06. The van der Waals surface area contributed by atoms with Crippen LogP contribution in [0.2, 0.25) is 0 Å². The van der Waals surface area contributed by atoms with Gasteiger partial charge >= 0.3 is 0 Å². The summed E-state index contributed by atoms with van der Waals surface area (Å²) in [6.45, 7) is 8.97. The van der Waals surface area contributed by atoms with Gasteiger partial charge in [-0.15, -0.1) is 0 Å². The summed E-state index contributed by atoms with van der Waals surface area (Å²) in [6, 6.07) is 16.8. The molecule has 0 saturated heterocycles. The van der Waals surface area contributed by atoms with Crippen LogP contribution in [-0.4, -0.2) is 9.97 Å². The number of anilines is 3. The second-order valence-corrected chi connectivity index (χ2v) is 6.50. The number of rotatable bonds is 5. The van der Waals surface area contributed by atoms with E-state index in [-0.39, 0.29) is 0 Å². The molecule has 4 nitrogen and oxygen atoms in total. The number of benzene rings is 2. The zero-order valence-corrected chi connectivity index (χ0v) is 15.2. The minimum Gasteiger partial charge on any atom is -0.366 e. The molecule has 4 heteroatoms. The van der Waals surface area contributed by atoms with E-state index in [1.807, 2.05) is 13.0 Å². The molecule has 3 rings (SSSR count). The maximum atomic E-state index is 4.60. The Hall–Kier alpha value is -2.88. The zero-order valence-electron chi connectivity index (χ0n) is 15.2. The number of hydrogen-bond acceptors (Lipinski definition) is 4. The van der Waals surface area contributed by atoms with Gasteiger partial charge in [0.05, 0.1) is 0 Å². The van der Waals surface area contributed by atoms with E-state index in [2.05, 4.69) is 83.8 Å². The first-order valence-electron chi connectivity index (χ1n) is 8.49. The molecule has 1 aromatic heterocycles. The highest BCUT2D eigenvalue weighted by Gasteiger charge is 2.05. The van der Waals surface area contributed by atoms with E-state index in [1.54, 1.807) is 0 Å². The number of aryl methyl sites for hydroxylation is 4. The lowest BCUT2D eigenvalue weighted by Gasteiger charge is -2.12. The smallest absolute Gasteiger partial charge is 0.229 e. The maximum Gasteiger partial charge on any atom is 0.229 e. The molecule has 0 bridgehead atoms. The first-order valence-corrected chi connectivity index (χ1v) is 8.49. The van der Waals surface area contributed by atoms with Gasteiger partial charge in [-0.25, -0.2) is 4.98 Å². The molecule has 0 aliphatic heterocycles. The van der Waals surface area contributed by atoms with Crippen LogP contribution in [0.3, 0.4) is 0 Å². The third-order valence-electron chi connectivity index (χ3n) is 4.09. The van der Waals surface area contributed by atoms with Crippen molar-refractivity contribution < 1.29 is 0 Å². The zero-order chi connectivity index (χ0) is 17.8. The van der Waals surface area contributed by atoms with Gasteiger partial charge in [0.2, 0.25) is 5.95 Å². The summed E-state index contributed by atoms with van der Waals surface area (Å²) in [4.78, 5) is 9.10. The third-order valence-corrected chi connectivity index (χ3v) is 4.09. The number of nitrogens with one attached hydrogen (secondary N) is 2. The van der Waals surface area contributed by atoms with E-state index in [1.165, 1.54) is 22.3 Å². The van der Waals surface area contributed by atoms with Crippen LogP contribution in [0.25, 0.3) is 0 Å². The van der Waals surface area contributed by atoms with E-state index in [0.29, 0.717) is 5.95 Å². The molecule has 0 atom stereocenters. The van der Waals surface area contributed by atoms with Crippen molar-refractivity contribution in [3.8, 4) is 0 Å². The highest BCUT2D eigenvalue weighted by molar-refractivity contribution is 5.60. The van der Waals surface area contributed by atoms with Gasteiger partial charge in [-0.1, -0.05) is 42.0 Å². The Kier molecular flexibility index (Phi) is 4.98. The van der Waals surface area contributed by atoms with Crippen molar-refractivity contribution in [2.24, 2.45) is 0 Å². The third kappa shape index (κ3) is 4.57. The molecule has 3 aromatic rings. The molecular formula is C21H24N4. The average molecular weight is 332 g/mol. The Balaban J connectivity index is 1.75. The van der Waals surface area contributed by atoms with Crippen molar-refractivity contribution >= 4 is 17.5 Å². The molecular weight excluding hydrogens is 308 g/mol. The molecule has 0 aliphatic carbocycles. The van der Waals surface area contributed by atoms with Crippen molar-refractivity contribution in [2.45, 2.75) is 34.2 Å². The maximum absolute atomic E-state index is 4.60. The van der Waals surface area contributed by atoms with Crippen LogP contribution in [-0.2, 0) is 6.54 Å². The van der Waals surface area contributed by atoms with E-state index in [9.17, 15) is 0 Å².